The van der Waals surface area contributed by atoms with Gasteiger partial charge in [0.25, 0.3) is 0 Å². The molecule has 3 aromatic rings. The van der Waals surface area contributed by atoms with Crippen LogP contribution in [0.15, 0.2) is 74.7 Å². The van der Waals surface area contributed by atoms with Crippen molar-refractivity contribution >= 4 is 34.9 Å². The van der Waals surface area contributed by atoms with Crippen molar-refractivity contribution < 1.29 is 0 Å². The molecule has 0 saturated carbocycles. The molecule has 0 aliphatic rings. The normalized spacial score (nSPS) is 10.8. The Balaban J connectivity index is 1.88. The highest BCUT2D eigenvalue weighted by atomic mass is 32.2. The average Bonchev–Trinajstić information content (AvgIpc) is 3.03. The van der Waals surface area contributed by atoms with Crippen LogP contribution in [0.5, 0.6) is 0 Å². The van der Waals surface area contributed by atoms with Crippen LogP contribution in [0.4, 0.5) is 0 Å². The van der Waals surface area contributed by atoms with Gasteiger partial charge in [0.2, 0.25) is 0 Å². The van der Waals surface area contributed by atoms with Crippen LogP contribution in [-0.2, 0) is 6.54 Å². The smallest absolute Gasteiger partial charge is 0.0649 e. The summed E-state index contributed by atoms with van der Waals surface area (Å²) in [5.41, 5.74) is 8.25. The van der Waals surface area contributed by atoms with Crippen LogP contribution in [0.3, 0.4) is 0 Å². The first-order valence-corrected chi connectivity index (χ1v) is 9.86. The number of thioether (sulfide) groups is 1. The predicted octanol–water partition coefficient (Wildman–Crippen LogP) is 5.75. The lowest BCUT2D eigenvalue weighted by atomic mass is 10.1. The number of rotatable bonds is 5. The minimum atomic E-state index is 0.619. The van der Waals surface area contributed by atoms with Gasteiger partial charge in [0.15, 0.2) is 0 Å². The molecule has 2 aromatic carbocycles. The van der Waals surface area contributed by atoms with E-state index in [-0.39, 0.29) is 0 Å². The molecule has 0 saturated heterocycles. The zero-order valence-electron chi connectivity index (χ0n) is 12.3. The summed E-state index contributed by atoms with van der Waals surface area (Å²) in [6, 6.07) is 21.5. The highest BCUT2D eigenvalue weighted by Gasteiger charge is 2.07. The number of nitrogens with two attached hydrogens (primary N) is 1. The monoisotopic (exact) mass is 343 g/mol. The summed E-state index contributed by atoms with van der Waals surface area (Å²) in [6.45, 7) is 0.619. The fraction of sp³-hybridized carbons (Fsp3) is 0.111. The molecule has 0 bridgehead atoms. The third kappa shape index (κ3) is 3.58. The van der Waals surface area contributed by atoms with Gasteiger partial charge in [-0.2, -0.15) is 0 Å². The summed E-state index contributed by atoms with van der Waals surface area (Å²) >= 11 is 5.37. The first-order valence-electron chi connectivity index (χ1n) is 7.00. The Bertz CT molecular complexity index is 750. The van der Waals surface area contributed by atoms with Gasteiger partial charge in [-0.15, -0.1) is 23.1 Å². The van der Waals surface area contributed by atoms with Crippen LogP contribution >= 0.6 is 34.9 Å². The van der Waals surface area contributed by atoms with Crippen molar-refractivity contribution in [2.24, 2.45) is 5.73 Å². The SMILES string of the molecule is CSc1cc(Sc2ccc(CN)s2)ccc1-c1ccccc1. The quantitative estimate of drug-likeness (QED) is 0.598. The van der Waals surface area contributed by atoms with Gasteiger partial charge < -0.3 is 5.73 Å². The van der Waals surface area contributed by atoms with Crippen LogP contribution in [0, 0.1) is 0 Å². The van der Waals surface area contributed by atoms with Gasteiger partial charge in [-0.1, -0.05) is 48.2 Å². The Morgan fingerprint density at radius 2 is 1.82 bits per heavy atom. The van der Waals surface area contributed by atoms with Crippen molar-refractivity contribution in [3.05, 3.63) is 65.5 Å². The van der Waals surface area contributed by atoms with Gasteiger partial charge in [0.1, 0.15) is 0 Å². The van der Waals surface area contributed by atoms with Gasteiger partial charge in [0, 0.05) is 21.2 Å². The fourth-order valence-electron chi connectivity index (χ4n) is 2.23. The Kier molecular flexibility index (Phi) is 5.26. The van der Waals surface area contributed by atoms with Crippen molar-refractivity contribution in [3.63, 3.8) is 0 Å². The summed E-state index contributed by atoms with van der Waals surface area (Å²) in [4.78, 5) is 3.81. The lowest BCUT2D eigenvalue weighted by Crippen LogP contribution is -1.90. The van der Waals surface area contributed by atoms with E-state index in [9.17, 15) is 0 Å². The molecule has 0 fully saturated rings. The van der Waals surface area contributed by atoms with E-state index in [1.807, 2.05) is 0 Å². The lowest BCUT2D eigenvalue weighted by Gasteiger charge is -2.09. The lowest BCUT2D eigenvalue weighted by molar-refractivity contribution is 1.11. The maximum absolute atomic E-state index is 5.68. The van der Waals surface area contributed by atoms with Crippen molar-refractivity contribution in [3.8, 4) is 11.1 Å². The van der Waals surface area contributed by atoms with E-state index < -0.39 is 0 Å². The van der Waals surface area contributed by atoms with E-state index in [0.29, 0.717) is 6.54 Å². The van der Waals surface area contributed by atoms with Gasteiger partial charge in [-0.3, -0.25) is 0 Å². The first-order chi connectivity index (χ1) is 10.8. The third-order valence-corrected chi connectivity index (χ3v) is 6.32. The van der Waals surface area contributed by atoms with Gasteiger partial charge in [0.05, 0.1) is 4.21 Å². The molecule has 4 heteroatoms. The summed E-state index contributed by atoms with van der Waals surface area (Å²) in [7, 11) is 0. The average molecular weight is 344 g/mol. The summed E-state index contributed by atoms with van der Waals surface area (Å²) in [6.07, 6.45) is 2.13. The molecule has 3 rings (SSSR count). The molecular formula is C18H17NS3. The zero-order chi connectivity index (χ0) is 15.4. The fourth-order valence-corrected chi connectivity index (χ4v) is 5.03. The second kappa shape index (κ2) is 7.38. The van der Waals surface area contributed by atoms with Gasteiger partial charge in [-0.25, -0.2) is 0 Å². The van der Waals surface area contributed by atoms with Gasteiger partial charge in [-0.05, 0) is 41.6 Å². The summed E-state index contributed by atoms with van der Waals surface area (Å²) in [5.74, 6) is 0. The van der Waals surface area contributed by atoms with Crippen LogP contribution < -0.4 is 5.73 Å². The molecule has 1 heterocycles. The molecule has 0 radical (unpaired) electrons. The Morgan fingerprint density at radius 3 is 2.50 bits per heavy atom. The van der Waals surface area contributed by atoms with Crippen molar-refractivity contribution in [2.45, 2.75) is 20.5 Å². The molecule has 22 heavy (non-hydrogen) atoms. The molecule has 2 N–H and O–H groups in total. The highest BCUT2D eigenvalue weighted by molar-refractivity contribution is 8.01. The minimum Gasteiger partial charge on any atom is -0.326 e. The minimum absolute atomic E-state index is 0.619. The number of thiophene rings is 1. The Hall–Kier alpha value is -1.20. The molecule has 1 aromatic heterocycles. The second-order valence-electron chi connectivity index (χ2n) is 4.76. The Morgan fingerprint density at radius 1 is 1.00 bits per heavy atom. The van der Waals surface area contributed by atoms with Crippen molar-refractivity contribution in [1.82, 2.24) is 0 Å². The molecule has 0 spiro atoms. The van der Waals surface area contributed by atoms with Crippen LogP contribution in [0.25, 0.3) is 11.1 Å². The van der Waals surface area contributed by atoms with E-state index in [1.165, 1.54) is 30.0 Å². The molecule has 0 amide bonds. The number of hydrogen-bond acceptors (Lipinski definition) is 4. The topological polar surface area (TPSA) is 26.0 Å². The van der Waals surface area contributed by atoms with Crippen molar-refractivity contribution in [2.75, 3.05) is 6.26 Å². The molecule has 0 aliphatic carbocycles. The van der Waals surface area contributed by atoms with E-state index in [1.54, 1.807) is 34.9 Å². The van der Waals surface area contributed by atoms with Crippen molar-refractivity contribution in [1.29, 1.82) is 0 Å². The molecule has 0 unspecified atom stereocenters. The maximum atomic E-state index is 5.68. The van der Waals surface area contributed by atoms with Crippen LogP contribution in [0.2, 0.25) is 0 Å². The van der Waals surface area contributed by atoms with E-state index in [0.717, 1.165) is 0 Å². The van der Waals surface area contributed by atoms with Crippen LogP contribution in [0.1, 0.15) is 4.88 Å². The number of hydrogen-bond donors (Lipinski definition) is 1. The molecule has 1 nitrogen and oxygen atoms in total. The van der Waals surface area contributed by atoms with Gasteiger partial charge >= 0.3 is 0 Å². The highest BCUT2D eigenvalue weighted by Crippen LogP contribution is 2.38. The summed E-state index contributed by atoms with van der Waals surface area (Å²) < 4.78 is 1.29. The van der Waals surface area contributed by atoms with E-state index >= 15 is 0 Å². The largest absolute Gasteiger partial charge is 0.326 e. The molecular weight excluding hydrogens is 326 g/mol. The zero-order valence-corrected chi connectivity index (χ0v) is 14.7. The first kappa shape index (κ1) is 15.7. The standard InChI is InChI=1S/C18H17NS3/c1-20-17-11-14(21-18-10-8-15(12-19)22-18)7-9-16(17)13-5-3-2-4-6-13/h2-11H,12,19H2,1H3. The third-order valence-electron chi connectivity index (χ3n) is 3.31. The predicted molar refractivity (Wildman–Crippen MR) is 100.0 cm³/mol. The van der Waals surface area contributed by atoms with E-state index in [4.69, 9.17) is 5.73 Å². The van der Waals surface area contributed by atoms with E-state index in [2.05, 4.69) is 66.9 Å². The summed E-state index contributed by atoms with van der Waals surface area (Å²) in [5, 5.41) is 0. The molecule has 112 valence electrons. The molecule has 0 aliphatic heterocycles. The molecule has 0 atom stereocenters. The van der Waals surface area contributed by atoms with Crippen LogP contribution in [-0.4, -0.2) is 6.26 Å². The second-order valence-corrected chi connectivity index (χ2v) is 8.15. The maximum Gasteiger partial charge on any atom is 0.0649 e. The number of benzene rings is 2. The Labute approximate surface area is 144 Å².